The second-order valence-corrected chi connectivity index (χ2v) is 4.12. The van der Waals surface area contributed by atoms with Crippen LogP contribution in [-0.2, 0) is 11.2 Å². The summed E-state index contributed by atoms with van der Waals surface area (Å²) in [7, 11) is 0. The first-order chi connectivity index (χ1) is 9.19. The summed E-state index contributed by atoms with van der Waals surface area (Å²) in [6, 6.07) is 11.3. The Morgan fingerprint density at radius 2 is 1.47 bits per heavy atom. The van der Waals surface area contributed by atoms with Crippen molar-refractivity contribution in [3.8, 4) is 0 Å². The van der Waals surface area contributed by atoms with Crippen molar-refractivity contribution in [1.29, 1.82) is 0 Å². The third-order valence-electron chi connectivity index (χ3n) is 2.81. The van der Waals surface area contributed by atoms with Gasteiger partial charge in [-0.15, -0.1) is 0 Å². The molecule has 2 aromatic carbocycles. The summed E-state index contributed by atoms with van der Waals surface area (Å²) in [6.07, 6.45) is 1.95. The van der Waals surface area contributed by atoms with Crippen molar-refractivity contribution in [2.24, 2.45) is 4.99 Å². The number of nitrogens with zero attached hydrogens (tertiary/aromatic N) is 1. The molecule has 2 rings (SSSR count). The average Bonchev–Trinajstić information content (AvgIpc) is 2.42. The van der Waals surface area contributed by atoms with Gasteiger partial charge in [-0.25, -0.2) is 13.6 Å². The lowest BCUT2D eigenvalue weighted by molar-refractivity contribution is 0.556. The molecule has 0 amide bonds. The minimum absolute atomic E-state index is 0.319. The van der Waals surface area contributed by atoms with Crippen molar-refractivity contribution in [2.75, 3.05) is 0 Å². The summed E-state index contributed by atoms with van der Waals surface area (Å²) >= 11 is 0. The highest BCUT2D eigenvalue weighted by Crippen LogP contribution is 2.22. The molecule has 2 nitrogen and oxygen atoms in total. The van der Waals surface area contributed by atoms with Gasteiger partial charge in [-0.3, -0.25) is 0 Å². The largest absolute Gasteiger partial charge is 0.235 e. The molecule has 0 aromatic heterocycles. The summed E-state index contributed by atoms with van der Waals surface area (Å²) in [5.74, 6) is -0.666. The van der Waals surface area contributed by atoms with Gasteiger partial charge >= 0.3 is 0 Å². The van der Waals surface area contributed by atoms with E-state index in [1.165, 1.54) is 30.3 Å². The van der Waals surface area contributed by atoms with Crippen LogP contribution in [0.15, 0.2) is 53.5 Å². The predicted molar refractivity (Wildman–Crippen MR) is 67.4 cm³/mol. The maximum absolute atomic E-state index is 12.9. The Morgan fingerprint density at radius 1 is 0.947 bits per heavy atom. The molecule has 1 atom stereocenters. The number of carbonyl (C=O) groups excluding carboxylic acids is 1. The molecule has 0 radical (unpaired) electrons. The fourth-order valence-corrected chi connectivity index (χ4v) is 1.83. The van der Waals surface area contributed by atoms with Gasteiger partial charge in [0.25, 0.3) is 0 Å². The van der Waals surface area contributed by atoms with Crippen molar-refractivity contribution >= 4 is 6.08 Å². The number of halogens is 2. The fourth-order valence-electron chi connectivity index (χ4n) is 1.83. The van der Waals surface area contributed by atoms with Crippen LogP contribution in [0.25, 0.3) is 0 Å². The summed E-state index contributed by atoms with van der Waals surface area (Å²) < 4.78 is 25.7. The van der Waals surface area contributed by atoms with E-state index in [0.29, 0.717) is 12.0 Å². The van der Waals surface area contributed by atoms with E-state index < -0.39 is 6.04 Å². The van der Waals surface area contributed by atoms with E-state index in [9.17, 15) is 13.6 Å². The molecule has 4 heteroatoms. The molecule has 0 fully saturated rings. The normalized spacial score (nSPS) is 11.7. The second kappa shape index (κ2) is 6.03. The molecule has 0 heterocycles. The zero-order valence-electron chi connectivity index (χ0n) is 10.0. The first-order valence-electron chi connectivity index (χ1n) is 5.76. The van der Waals surface area contributed by atoms with Gasteiger partial charge in [0.15, 0.2) is 0 Å². The van der Waals surface area contributed by atoms with Gasteiger partial charge in [0.05, 0.1) is 6.04 Å². The van der Waals surface area contributed by atoms with E-state index in [-0.39, 0.29) is 11.6 Å². The lowest BCUT2D eigenvalue weighted by Crippen LogP contribution is -2.00. The van der Waals surface area contributed by atoms with Crippen LogP contribution in [-0.4, -0.2) is 6.08 Å². The maximum atomic E-state index is 12.9. The minimum atomic E-state index is -0.441. The third-order valence-corrected chi connectivity index (χ3v) is 2.81. The Morgan fingerprint density at radius 3 is 2.00 bits per heavy atom. The highest BCUT2D eigenvalue weighted by atomic mass is 19.1. The van der Waals surface area contributed by atoms with E-state index in [4.69, 9.17) is 0 Å². The molecular weight excluding hydrogens is 248 g/mol. The first-order valence-corrected chi connectivity index (χ1v) is 5.76. The van der Waals surface area contributed by atoms with Crippen molar-refractivity contribution < 1.29 is 13.6 Å². The summed E-state index contributed by atoms with van der Waals surface area (Å²) in [5, 5.41) is 0. The van der Waals surface area contributed by atoms with Crippen LogP contribution >= 0.6 is 0 Å². The number of hydrogen-bond donors (Lipinski definition) is 0. The minimum Gasteiger partial charge on any atom is -0.211 e. The second-order valence-electron chi connectivity index (χ2n) is 4.12. The van der Waals surface area contributed by atoms with E-state index in [2.05, 4.69) is 4.99 Å². The van der Waals surface area contributed by atoms with E-state index in [1.54, 1.807) is 24.3 Å². The molecule has 0 aliphatic heterocycles. The van der Waals surface area contributed by atoms with Crippen LogP contribution in [0.3, 0.4) is 0 Å². The molecule has 0 aliphatic rings. The Hall–Kier alpha value is -2.32. The molecule has 0 aliphatic carbocycles. The lowest BCUT2D eigenvalue weighted by atomic mass is 9.99. The molecule has 1 unspecified atom stereocenters. The monoisotopic (exact) mass is 259 g/mol. The van der Waals surface area contributed by atoms with Crippen LogP contribution in [0.1, 0.15) is 17.2 Å². The van der Waals surface area contributed by atoms with Crippen LogP contribution in [0.4, 0.5) is 8.78 Å². The molecule has 0 saturated carbocycles. The van der Waals surface area contributed by atoms with Crippen LogP contribution in [0.5, 0.6) is 0 Å². The zero-order valence-corrected chi connectivity index (χ0v) is 10.0. The topological polar surface area (TPSA) is 29.4 Å². The molecule has 0 spiro atoms. The predicted octanol–water partition coefficient (Wildman–Crippen LogP) is 3.58. The maximum Gasteiger partial charge on any atom is 0.235 e. The summed E-state index contributed by atoms with van der Waals surface area (Å²) in [4.78, 5) is 14.2. The Kier molecular flexibility index (Phi) is 4.16. The number of benzene rings is 2. The highest BCUT2D eigenvalue weighted by molar-refractivity contribution is 5.36. The zero-order chi connectivity index (χ0) is 13.7. The van der Waals surface area contributed by atoms with E-state index in [0.717, 1.165) is 5.56 Å². The van der Waals surface area contributed by atoms with Gasteiger partial charge in [0, 0.05) is 0 Å². The smallest absolute Gasteiger partial charge is 0.211 e. The Labute approximate surface area is 109 Å². The summed E-state index contributed by atoms with van der Waals surface area (Å²) in [6.45, 7) is 0. The Balaban J connectivity index is 2.23. The Bertz CT molecular complexity index is 587. The molecular formula is C15H11F2NO. The lowest BCUT2D eigenvalue weighted by Gasteiger charge is -2.11. The first kappa shape index (κ1) is 13.1. The quantitative estimate of drug-likeness (QED) is 0.609. The fraction of sp³-hybridized carbons (Fsp3) is 0.133. The van der Waals surface area contributed by atoms with Crippen LogP contribution < -0.4 is 0 Å². The molecule has 96 valence electrons. The number of rotatable bonds is 4. The van der Waals surface area contributed by atoms with Crippen molar-refractivity contribution in [2.45, 2.75) is 12.5 Å². The van der Waals surface area contributed by atoms with Gasteiger partial charge in [-0.2, -0.15) is 4.99 Å². The molecule has 0 saturated heterocycles. The highest BCUT2D eigenvalue weighted by Gasteiger charge is 2.11. The van der Waals surface area contributed by atoms with Crippen molar-refractivity contribution in [3.05, 3.63) is 71.3 Å². The van der Waals surface area contributed by atoms with Gasteiger partial charge < -0.3 is 0 Å². The molecule has 0 bridgehead atoms. The van der Waals surface area contributed by atoms with Crippen LogP contribution in [0.2, 0.25) is 0 Å². The third kappa shape index (κ3) is 3.57. The molecule has 19 heavy (non-hydrogen) atoms. The number of isocyanates is 1. The van der Waals surface area contributed by atoms with Crippen molar-refractivity contribution in [3.63, 3.8) is 0 Å². The SMILES string of the molecule is O=C=NC(Cc1ccc(F)cc1)c1ccc(F)cc1. The van der Waals surface area contributed by atoms with Gasteiger partial charge in [-0.1, -0.05) is 24.3 Å². The molecule has 2 aromatic rings. The molecule has 0 N–H and O–H groups in total. The van der Waals surface area contributed by atoms with Crippen LogP contribution in [0, 0.1) is 11.6 Å². The van der Waals surface area contributed by atoms with Gasteiger partial charge in [0.2, 0.25) is 6.08 Å². The summed E-state index contributed by atoms with van der Waals surface area (Å²) in [5.41, 5.74) is 1.56. The van der Waals surface area contributed by atoms with E-state index in [1.807, 2.05) is 0 Å². The van der Waals surface area contributed by atoms with Gasteiger partial charge in [-0.05, 0) is 41.8 Å². The average molecular weight is 259 g/mol. The van der Waals surface area contributed by atoms with Gasteiger partial charge in [0.1, 0.15) is 11.6 Å². The standard InChI is InChI=1S/C15H11F2NO/c16-13-5-1-11(2-6-13)9-15(18-10-19)12-3-7-14(17)8-4-12/h1-8,15H,9H2. The van der Waals surface area contributed by atoms with E-state index >= 15 is 0 Å². The number of aliphatic imine (C=N–C) groups is 1. The number of hydrogen-bond acceptors (Lipinski definition) is 2. The van der Waals surface area contributed by atoms with Crippen molar-refractivity contribution in [1.82, 2.24) is 0 Å².